The average Bonchev–Trinajstić information content (AvgIpc) is 3.31. The zero-order valence-electron chi connectivity index (χ0n) is 14.7. The fourth-order valence-corrected chi connectivity index (χ4v) is 4.89. The summed E-state index contributed by atoms with van der Waals surface area (Å²) in [5, 5.41) is 4.16. The van der Waals surface area contributed by atoms with E-state index in [1.807, 2.05) is 6.92 Å². The third-order valence-corrected chi connectivity index (χ3v) is 6.90. The number of morpholine rings is 1. The fraction of sp³-hybridized carbons (Fsp3) is 0.500. The van der Waals surface area contributed by atoms with Crippen molar-refractivity contribution < 1.29 is 13.2 Å². The summed E-state index contributed by atoms with van der Waals surface area (Å²) in [6, 6.07) is 5.51. The van der Waals surface area contributed by atoms with Crippen LogP contribution in [0.1, 0.15) is 31.4 Å². The maximum Gasteiger partial charge on any atom is 0.242 e. The molecule has 0 bridgehead atoms. The molecular weight excluding hydrogens is 370 g/mol. The first-order valence-electron chi connectivity index (χ1n) is 8.89. The highest BCUT2D eigenvalue weighted by Gasteiger charge is 2.28. The van der Waals surface area contributed by atoms with Gasteiger partial charge in [0, 0.05) is 25.8 Å². The van der Waals surface area contributed by atoms with Crippen molar-refractivity contribution in [3.63, 3.8) is 0 Å². The second-order valence-electron chi connectivity index (χ2n) is 7.04. The van der Waals surface area contributed by atoms with E-state index in [1.165, 1.54) is 11.8 Å². The molecule has 1 saturated heterocycles. The maximum atomic E-state index is 12.3. The van der Waals surface area contributed by atoms with Crippen LogP contribution in [0.2, 0.25) is 0 Å². The highest BCUT2D eigenvalue weighted by atomic mass is 32.2. The highest BCUT2D eigenvalue weighted by molar-refractivity contribution is 7.89. The van der Waals surface area contributed by atoms with Crippen molar-refractivity contribution in [2.45, 2.75) is 36.9 Å². The molecule has 0 amide bonds. The second kappa shape index (κ2) is 7.26. The van der Waals surface area contributed by atoms with Gasteiger partial charge in [0.25, 0.3) is 0 Å². The van der Waals surface area contributed by atoms with E-state index in [1.54, 1.807) is 23.5 Å². The lowest BCUT2D eigenvalue weighted by Gasteiger charge is -2.37. The molecule has 4 rings (SSSR count). The van der Waals surface area contributed by atoms with Gasteiger partial charge in [-0.3, -0.25) is 0 Å². The van der Waals surface area contributed by atoms with Gasteiger partial charge in [-0.1, -0.05) is 0 Å². The van der Waals surface area contributed by atoms with Crippen LogP contribution in [0, 0.1) is 5.92 Å². The van der Waals surface area contributed by atoms with Crippen molar-refractivity contribution in [2.75, 3.05) is 24.5 Å². The first-order chi connectivity index (χ1) is 12.5. The van der Waals surface area contributed by atoms with Crippen LogP contribution in [0.5, 0.6) is 0 Å². The van der Waals surface area contributed by atoms with Gasteiger partial charge < -0.3 is 9.64 Å². The van der Waals surface area contributed by atoms with E-state index in [2.05, 4.69) is 31.4 Å². The van der Waals surface area contributed by atoms with Crippen LogP contribution >= 0.6 is 11.3 Å². The summed E-state index contributed by atoms with van der Waals surface area (Å²) in [5.41, 5.74) is 1.18. The van der Waals surface area contributed by atoms with Gasteiger partial charge in [0.05, 0.1) is 6.10 Å². The third kappa shape index (κ3) is 4.09. The molecule has 0 aromatic carbocycles. The van der Waals surface area contributed by atoms with Crippen molar-refractivity contribution in [3.8, 4) is 0 Å². The van der Waals surface area contributed by atoms with E-state index < -0.39 is 10.0 Å². The molecule has 8 heteroatoms. The molecule has 1 aliphatic carbocycles. The van der Waals surface area contributed by atoms with Crippen molar-refractivity contribution in [3.05, 3.63) is 40.7 Å². The molecule has 140 valence electrons. The predicted molar refractivity (Wildman–Crippen MR) is 102 cm³/mol. The Bertz CT molecular complexity index is 833. The van der Waals surface area contributed by atoms with E-state index in [4.69, 9.17) is 4.74 Å². The molecule has 1 N–H and O–H groups in total. The number of hydrogen-bond acceptors (Lipinski definition) is 6. The molecule has 2 aromatic rings. The number of anilines is 1. The number of nitrogens with one attached hydrogen (secondary N) is 1. The number of thiophene rings is 1. The SMILES string of the molecule is CC1CN(c2ccc(S(=O)(=O)NCC3CC3)cn2)CC(c2ccsc2)O1. The second-order valence-corrected chi connectivity index (χ2v) is 9.59. The first-order valence-corrected chi connectivity index (χ1v) is 11.3. The quantitative estimate of drug-likeness (QED) is 0.817. The molecular formula is C18H23N3O3S2. The van der Waals surface area contributed by atoms with Crippen LogP contribution in [0.3, 0.4) is 0 Å². The minimum absolute atomic E-state index is 0.00965. The number of nitrogens with zero attached hydrogens (tertiary/aromatic N) is 2. The molecule has 2 fully saturated rings. The summed E-state index contributed by atoms with van der Waals surface area (Å²) in [6.07, 6.45) is 3.76. The summed E-state index contributed by atoms with van der Waals surface area (Å²) < 4.78 is 33.4. The Hall–Kier alpha value is -1.48. The number of ether oxygens (including phenoxy) is 1. The Labute approximate surface area is 158 Å². The van der Waals surface area contributed by atoms with Gasteiger partial charge in [0.2, 0.25) is 10.0 Å². The van der Waals surface area contributed by atoms with Crippen LogP contribution in [-0.2, 0) is 14.8 Å². The van der Waals surface area contributed by atoms with Gasteiger partial charge in [0.15, 0.2) is 0 Å². The Kier molecular flexibility index (Phi) is 5.00. The Morgan fingerprint density at radius 2 is 2.15 bits per heavy atom. The molecule has 2 unspecified atom stereocenters. The van der Waals surface area contributed by atoms with Gasteiger partial charge >= 0.3 is 0 Å². The summed E-state index contributed by atoms with van der Waals surface area (Å²) in [7, 11) is -3.47. The molecule has 2 aliphatic rings. The van der Waals surface area contributed by atoms with E-state index in [9.17, 15) is 8.42 Å². The molecule has 3 heterocycles. The first kappa shape index (κ1) is 17.9. The Morgan fingerprint density at radius 1 is 1.31 bits per heavy atom. The van der Waals surface area contributed by atoms with Crippen molar-refractivity contribution >= 4 is 27.2 Å². The maximum absolute atomic E-state index is 12.3. The average molecular weight is 394 g/mol. The van der Waals surface area contributed by atoms with Crippen molar-refractivity contribution in [1.82, 2.24) is 9.71 Å². The van der Waals surface area contributed by atoms with Gasteiger partial charge in [-0.15, -0.1) is 0 Å². The lowest BCUT2D eigenvalue weighted by atomic mass is 10.1. The molecule has 26 heavy (non-hydrogen) atoms. The predicted octanol–water partition coefficient (Wildman–Crippen LogP) is 2.80. The van der Waals surface area contributed by atoms with E-state index >= 15 is 0 Å². The molecule has 1 saturated carbocycles. The minimum atomic E-state index is -3.47. The molecule has 6 nitrogen and oxygen atoms in total. The van der Waals surface area contributed by atoms with Crippen LogP contribution < -0.4 is 9.62 Å². The molecule has 0 radical (unpaired) electrons. The van der Waals surface area contributed by atoms with Gasteiger partial charge in [-0.05, 0) is 60.2 Å². The number of sulfonamides is 1. The molecule has 2 aromatic heterocycles. The zero-order valence-corrected chi connectivity index (χ0v) is 16.3. The molecule has 1 aliphatic heterocycles. The number of hydrogen-bond donors (Lipinski definition) is 1. The lowest BCUT2D eigenvalue weighted by Crippen LogP contribution is -2.43. The smallest absolute Gasteiger partial charge is 0.242 e. The summed E-state index contributed by atoms with van der Waals surface area (Å²) >= 11 is 1.66. The van der Waals surface area contributed by atoms with Gasteiger partial charge in [-0.25, -0.2) is 18.1 Å². The fourth-order valence-electron chi connectivity index (χ4n) is 3.13. The zero-order chi connectivity index (χ0) is 18.1. The summed E-state index contributed by atoms with van der Waals surface area (Å²) in [6.45, 7) is 4.01. The monoisotopic (exact) mass is 393 g/mol. The van der Waals surface area contributed by atoms with E-state index in [0.717, 1.165) is 25.2 Å². The van der Waals surface area contributed by atoms with E-state index in [-0.39, 0.29) is 17.1 Å². The highest BCUT2D eigenvalue weighted by Crippen LogP contribution is 2.30. The van der Waals surface area contributed by atoms with Crippen molar-refractivity contribution in [2.24, 2.45) is 5.92 Å². The Morgan fingerprint density at radius 3 is 2.81 bits per heavy atom. The number of aromatic nitrogens is 1. The lowest BCUT2D eigenvalue weighted by molar-refractivity contribution is -0.0174. The normalized spacial score (nSPS) is 24.0. The minimum Gasteiger partial charge on any atom is -0.367 e. The third-order valence-electron chi connectivity index (χ3n) is 4.79. The van der Waals surface area contributed by atoms with Crippen LogP contribution in [0.15, 0.2) is 40.1 Å². The van der Waals surface area contributed by atoms with E-state index in [0.29, 0.717) is 19.0 Å². The van der Waals surface area contributed by atoms with Crippen LogP contribution in [0.4, 0.5) is 5.82 Å². The molecule has 0 spiro atoms. The largest absolute Gasteiger partial charge is 0.367 e. The standard InChI is InChI=1S/C18H23N3O3S2/c1-13-10-21(11-17(24-13)15-6-7-25-12-15)18-5-4-16(9-19-18)26(22,23)20-8-14-2-3-14/h4-7,9,12-14,17,20H,2-3,8,10-11H2,1H3. The topological polar surface area (TPSA) is 71.5 Å². The van der Waals surface area contributed by atoms with Gasteiger partial charge in [0.1, 0.15) is 16.8 Å². The number of pyridine rings is 1. The van der Waals surface area contributed by atoms with Crippen LogP contribution in [-0.4, -0.2) is 39.1 Å². The number of rotatable bonds is 6. The molecule has 2 atom stereocenters. The Balaban J connectivity index is 1.47. The van der Waals surface area contributed by atoms with Crippen molar-refractivity contribution in [1.29, 1.82) is 0 Å². The van der Waals surface area contributed by atoms with Gasteiger partial charge in [-0.2, -0.15) is 11.3 Å². The summed E-state index contributed by atoms with van der Waals surface area (Å²) in [5.74, 6) is 1.28. The van der Waals surface area contributed by atoms with Crippen LogP contribution in [0.25, 0.3) is 0 Å². The summed E-state index contributed by atoms with van der Waals surface area (Å²) in [4.78, 5) is 6.79.